The quantitative estimate of drug-likeness (QED) is 0.854. The minimum atomic E-state index is 0.0640. The van der Waals surface area contributed by atoms with Gasteiger partial charge in [-0.25, -0.2) is 0 Å². The van der Waals surface area contributed by atoms with Crippen molar-refractivity contribution in [2.45, 2.75) is 26.8 Å². The van der Waals surface area contributed by atoms with Crippen LogP contribution in [-0.2, 0) is 0 Å². The Bertz CT molecular complexity index is 340. The van der Waals surface area contributed by atoms with Gasteiger partial charge in [-0.05, 0) is 32.4 Å². The van der Waals surface area contributed by atoms with Crippen LogP contribution in [0.4, 0.5) is 0 Å². The Hall–Kier alpha value is -0.870. The van der Waals surface area contributed by atoms with E-state index in [0.29, 0.717) is 6.54 Å². The highest BCUT2D eigenvalue weighted by Gasteiger charge is 2.18. The molecule has 0 aliphatic carbocycles. The summed E-state index contributed by atoms with van der Waals surface area (Å²) < 4.78 is 0. The molecule has 0 fully saturated rings. The van der Waals surface area contributed by atoms with Gasteiger partial charge in [0, 0.05) is 24.5 Å². The van der Waals surface area contributed by atoms with Crippen LogP contribution in [0, 0.1) is 13.8 Å². The first-order valence-electron chi connectivity index (χ1n) is 5.01. The highest BCUT2D eigenvalue weighted by Crippen LogP contribution is 2.22. The van der Waals surface area contributed by atoms with E-state index in [2.05, 4.69) is 0 Å². The summed E-state index contributed by atoms with van der Waals surface area (Å²) in [5.41, 5.74) is 6.71. The third-order valence-corrected chi connectivity index (χ3v) is 3.84. The highest BCUT2D eigenvalue weighted by molar-refractivity contribution is 7.14. The molecule has 3 nitrogen and oxygen atoms in total. The van der Waals surface area contributed by atoms with Crippen LogP contribution in [0.2, 0.25) is 0 Å². The van der Waals surface area contributed by atoms with Crippen molar-refractivity contribution in [3.8, 4) is 0 Å². The molecule has 0 aliphatic rings. The number of hydrogen-bond acceptors (Lipinski definition) is 3. The first kappa shape index (κ1) is 12.2. The molecule has 0 spiro atoms. The molecule has 15 heavy (non-hydrogen) atoms. The summed E-state index contributed by atoms with van der Waals surface area (Å²) in [6, 6.07) is 2.03. The minimum Gasteiger partial charge on any atom is -0.337 e. The van der Waals surface area contributed by atoms with Gasteiger partial charge in [-0.2, -0.15) is 0 Å². The Morgan fingerprint density at radius 3 is 2.60 bits per heavy atom. The number of nitrogens with zero attached hydrogens (tertiary/aromatic N) is 1. The molecule has 2 N–H and O–H groups in total. The van der Waals surface area contributed by atoms with Gasteiger partial charge in [-0.3, -0.25) is 4.79 Å². The van der Waals surface area contributed by atoms with Crippen molar-refractivity contribution >= 4 is 17.2 Å². The smallest absolute Gasteiger partial charge is 0.263 e. The molecule has 1 aromatic rings. The topological polar surface area (TPSA) is 46.3 Å². The maximum atomic E-state index is 12.0. The van der Waals surface area contributed by atoms with Crippen LogP contribution in [0.5, 0.6) is 0 Å². The lowest BCUT2D eigenvalue weighted by Crippen LogP contribution is -2.39. The number of carbonyl (C=O) groups excluding carboxylic acids is 1. The number of likely N-dealkylation sites (N-methyl/N-ethyl adjacent to an activating group) is 1. The van der Waals surface area contributed by atoms with Gasteiger partial charge >= 0.3 is 0 Å². The molecule has 0 saturated carbocycles. The fourth-order valence-electron chi connectivity index (χ4n) is 1.21. The number of carbonyl (C=O) groups is 1. The van der Waals surface area contributed by atoms with Gasteiger partial charge in [0.15, 0.2) is 0 Å². The number of nitrogens with two attached hydrogens (primary N) is 1. The number of thiophene rings is 1. The van der Waals surface area contributed by atoms with E-state index < -0.39 is 0 Å². The average molecular weight is 226 g/mol. The van der Waals surface area contributed by atoms with Crippen molar-refractivity contribution in [2.75, 3.05) is 13.6 Å². The van der Waals surface area contributed by atoms with Crippen molar-refractivity contribution in [3.63, 3.8) is 0 Å². The molecule has 4 heteroatoms. The number of amides is 1. The number of hydrogen-bond donors (Lipinski definition) is 1. The second-order valence-electron chi connectivity index (χ2n) is 3.85. The van der Waals surface area contributed by atoms with E-state index in [4.69, 9.17) is 5.73 Å². The van der Waals surface area contributed by atoms with Crippen LogP contribution in [0.15, 0.2) is 6.07 Å². The van der Waals surface area contributed by atoms with E-state index in [-0.39, 0.29) is 11.9 Å². The second kappa shape index (κ2) is 4.77. The number of rotatable bonds is 3. The van der Waals surface area contributed by atoms with Crippen molar-refractivity contribution < 1.29 is 4.79 Å². The van der Waals surface area contributed by atoms with Gasteiger partial charge in [0.1, 0.15) is 0 Å². The zero-order valence-corrected chi connectivity index (χ0v) is 10.5. The van der Waals surface area contributed by atoms with E-state index >= 15 is 0 Å². The van der Waals surface area contributed by atoms with Crippen LogP contribution in [0.1, 0.15) is 27.0 Å². The summed E-state index contributed by atoms with van der Waals surface area (Å²) in [4.78, 5) is 15.7. The maximum absolute atomic E-state index is 12.0. The predicted molar refractivity (Wildman–Crippen MR) is 64.4 cm³/mol. The van der Waals surface area contributed by atoms with Gasteiger partial charge in [-0.1, -0.05) is 0 Å². The van der Waals surface area contributed by atoms with Gasteiger partial charge in [0.2, 0.25) is 0 Å². The molecular weight excluding hydrogens is 208 g/mol. The summed E-state index contributed by atoms with van der Waals surface area (Å²) in [5.74, 6) is 0.0640. The summed E-state index contributed by atoms with van der Waals surface area (Å²) in [6.07, 6.45) is 0. The zero-order chi connectivity index (χ0) is 11.6. The molecule has 0 bridgehead atoms. The molecule has 0 aliphatic heterocycles. The van der Waals surface area contributed by atoms with E-state index in [1.54, 1.807) is 23.3 Å². The van der Waals surface area contributed by atoms with Crippen LogP contribution in [0.25, 0.3) is 0 Å². The zero-order valence-electron chi connectivity index (χ0n) is 9.70. The standard InChI is InChI=1S/C11H18N2OS/c1-7-5-10(15-9(7)3)11(14)13(4)8(2)6-12/h5,8H,6,12H2,1-4H3. The van der Waals surface area contributed by atoms with Crippen molar-refractivity contribution in [2.24, 2.45) is 5.73 Å². The van der Waals surface area contributed by atoms with Crippen molar-refractivity contribution in [3.05, 3.63) is 21.4 Å². The summed E-state index contributed by atoms with van der Waals surface area (Å²) in [7, 11) is 1.80. The van der Waals surface area contributed by atoms with Crippen LogP contribution < -0.4 is 5.73 Å². The Kier molecular flexibility index (Phi) is 3.88. The lowest BCUT2D eigenvalue weighted by atomic mass is 10.2. The van der Waals surface area contributed by atoms with Crippen LogP contribution in [-0.4, -0.2) is 30.4 Å². The summed E-state index contributed by atoms with van der Waals surface area (Å²) in [6.45, 7) is 6.49. The molecule has 1 rings (SSSR count). The van der Waals surface area contributed by atoms with Crippen LogP contribution >= 0.6 is 11.3 Å². The summed E-state index contributed by atoms with van der Waals surface area (Å²) in [5, 5.41) is 0. The lowest BCUT2D eigenvalue weighted by Gasteiger charge is -2.22. The maximum Gasteiger partial charge on any atom is 0.263 e. The first-order valence-corrected chi connectivity index (χ1v) is 5.83. The highest BCUT2D eigenvalue weighted by atomic mass is 32.1. The van der Waals surface area contributed by atoms with Gasteiger partial charge in [-0.15, -0.1) is 11.3 Å². The SMILES string of the molecule is Cc1cc(C(=O)N(C)C(C)CN)sc1C. The third-order valence-electron chi connectivity index (χ3n) is 2.70. The van der Waals surface area contributed by atoms with Gasteiger partial charge in [0.05, 0.1) is 4.88 Å². The average Bonchev–Trinajstić information content (AvgIpc) is 2.56. The molecule has 84 valence electrons. The van der Waals surface area contributed by atoms with E-state index in [0.717, 1.165) is 4.88 Å². The van der Waals surface area contributed by atoms with Crippen LogP contribution in [0.3, 0.4) is 0 Å². The largest absolute Gasteiger partial charge is 0.337 e. The lowest BCUT2D eigenvalue weighted by molar-refractivity contribution is 0.0753. The summed E-state index contributed by atoms with van der Waals surface area (Å²) >= 11 is 1.55. The van der Waals surface area contributed by atoms with E-state index in [1.807, 2.05) is 26.8 Å². The molecule has 1 unspecified atom stereocenters. The molecule has 0 aromatic carbocycles. The monoisotopic (exact) mass is 226 g/mol. The molecule has 0 saturated heterocycles. The fourth-order valence-corrected chi connectivity index (χ4v) is 2.23. The Labute approximate surface area is 94.9 Å². The van der Waals surface area contributed by atoms with E-state index in [1.165, 1.54) is 10.4 Å². The number of aryl methyl sites for hydroxylation is 2. The minimum absolute atomic E-state index is 0.0640. The molecule has 0 radical (unpaired) electrons. The van der Waals surface area contributed by atoms with Crippen molar-refractivity contribution in [1.82, 2.24) is 4.90 Å². The molecule has 1 amide bonds. The van der Waals surface area contributed by atoms with Gasteiger partial charge < -0.3 is 10.6 Å². The van der Waals surface area contributed by atoms with E-state index in [9.17, 15) is 4.79 Å². The normalized spacial score (nSPS) is 12.6. The molecule has 1 atom stereocenters. The first-order chi connectivity index (χ1) is 6.97. The predicted octanol–water partition coefficient (Wildman–Crippen LogP) is 1.78. The Balaban J connectivity index is 2.85. The molecule has 1 aromatic heterocycles. The second-order valence-corrected chi connectivity index (χ2v) is 5.11. The fraction of sp³-hybridized carbons (Fsp3) is 0.545. The Morgan fingerprint density at radius 1 is 1.60 bits per heavy atom. The third kappa shape index (κ3) is 2.58. The van der Waals surface area contributed by atoms with Crippen molar-refractivity contribution in [1.29, 1.82) is 0 Å². The molecular formula is C11H18N2OS. The van der Waals surface area contributed by atoms with Gasteiger partial charge in [0.25, 0.3) is 5.91 Å². The Morgan fingerprint density at radius 2 is 2.20 bits per heavy atom. The molecule has 1 heterocycles.